The molecule has 0 bridgehead atoms. The van der Waals surface area contributed by atoms with E-state index in [9.17, 15) is 4.79 Å². The van der Waals surface area contributed by atoms with Gasteiger partial charge in [0.15, 0.2) is 0 Å². The van der Waals surface area contributed by atoms with Crippen LogP contribution in [0.3, 0.4) is 0 Å². The summed E-state index contributed by atoms with van der Waals surface area (Å²) in [5.74, 6) is 0.510. The number of hydrogen-bond donors (Lipinski definition) is 0. The highest BCUT2D eigenvalue weighted by Crippen LogP contribution is 2.32. The van der Waals surface area contributed by atoms with E-state index in [0.717, 1.165) is 5.56 Å². The largest absolute Gasteiger partial charge is 0.379 e. The van der Waals surface area contributed by atoms with Gasteiger partial charge < -0.3 is 14.4 Å². The quantitative estimate of drug-likeness (QED) is 0.818. The highest BCUT2D eigenvalue weighted by molar-refractivity contribution is 5.79. The Kier molecular flexibility index (Phi) is 3.53. The van der Waals surface area contributed by atoms with Gasteiger partial charge in [-0.25, -0.2) is 0 Å². The van der Waals surface area contributed by atoms with E-state index in [0.29, 0.717) is 32.1 Å². The molecule has 1 aromatic carbocycles. The van der Waals surface area contributed by atoms with Crippen molar-refractivity contribution in [2.24, 2.45) is 5.92 Å². The lowest BCUT2D eigenvalue weighted by atomic mass is 10.0. The minimum Gasteiger partial charge on any atom is -0.379 e. The van der Waals surface area contributed by atoms with Gasteiger partial charge >= 0.3 is 0 Å². The number of nitrogens with zero attached hydrogens (tertiary/aromatic N) is 1. The Morgan fingerprint density at radius 2 is 2.16 bits per heavy atom. The van der Waals surface area contributed by atoms with Crippen molar-refractivity contribution in [1.82, 2.24) is 4.90 Å². The first-order valence-electron chi connectivity index (χ1n) is 6.73. The predicted molar refractivity (Wildman–Crippen MR) is 70.8 cm³/mol. The first-order chi connectivity index (χ1) is 9.29. The second kappa shape index (κ2) is 5.31. The van der Waals surface area contributed by atoms with Crippen LogP contribution in [0.2, 0.25) is 0 Å². The fourth-order valence-corrected chi connectivity index (χ4v) is 3.11. The van der Waals surface area contributed by atoms with E-state index >= 15 is 0 Å². The average Bonchev–Trinajstić information content (AvgIpc) is 3.01. The Balaban J connectivity index is 1.70. The molecule has 2 saturated heterocycles. The van der Waals surface area contributed by atoms with Crippen LogP contribution in [0.15, 0.2) is 30.3 Å². The molecule has 4 heteroatoms. The van der Waals surface area contributed by atoms with Crippen molar-refractivity contribution in [1.29, 1.82) is 0 Å². The zero-order valence-corrected chi connectivity index (χ0v) is 11.1. The maximum atomic E-state index is 12.4. The molecule has 0 radical (unpaired) electrons. The molecule has 19 heavy (non-hydrogen) atoms. The molecule has 2 heterocycles. The van der Waals surface area contributed by atoms with E-state index in [1.165, 1.54) is 0 Å². The summed E-state index contributed by atoms with van der Waals surface area (Å²) in [6.07, 6.45) is 0.577. The summed E-state index contributed by atoms with van der Waals surface area (Å²) in [7, 11) is 1.71. The van der Waals surface area contributed by atoms with E-state index in [4.69, 9.17) is 9.47 Å². The summed E-state index contributed by atoms with van der Waals surface area (Å²) in [5.41, 5.74) is 1.06. The lowest BCUT2D eigenvalue weighted by Gasteiger charge is -2.22. The number of methoxy groups -OCH3 is 1. The Hall–Kier alpha value is -1.39. The monoisotopic (exact) mass is 261 g/mol. The van der Waals surface area contributed by atoms with Gasteiger partial charge in [-0.15, -0.1) is 0 Å². The van der Waals surface area contributed by atoms with Crippen molar-refractivity contribution < 1.29 is 14.3 Å². The lowest BCUT2D eigenvalue weighted by Crippen LogP contribution is -2.39. The predicted octanol–water partition coefficient (Wildman–Crippen LogP) is 1.10. The van der Waals surface area contributed by atoms with Gasteiger partial charge in [-0.2, -0.15) is 0 Å². The summed E-state index contributed by atoms with van der Waals surface area (Å²) in [5, 5.41) is 0. The van der Waals surface area contributed by atoms with Crippen molar-refractivity contribution in [3.05, 3.63) is 35.9 Å². The van der Waals surface area contributed by atoms with Crippen LogP contribution in [-0.4, -0.2) is 49.8 Å². The zero-order chi connectivity index (χ0) is 13.2. The number of benzene rings is 1. The average molecular weight is 261 g/mol. The molecule has 2 aliphatic rings. The SMILES string of the molecule is CO[C@@H]1CN(C(=O)Cc2ccccc2)[C@H]2COC[C@@H]12. The van der Waals surface area contributed by atoms with Crippen LogP contribution in [0.1, 0.15) is 5.56 Å². The van der Waals surface area contributed by atoms with Gasteiger partial charge in [-0.05, 0) is 5.56 Å². The Bertz CT molecular complexity index is 448. The molecule has 4 nitrogen and oxygen atoms in total. The molecule has 2 aliphatic heterocycles. The number of carbonyl (C=O) groups excluding carboxylic acids is 1. The van der Waals surface area contributed by atoms with Gasteiger partial charge in [0.05, 0.1) is 31.8 Å². The summed E-state index contributed by atoms with van der Waals surface area (Å²) in [6, 6.07) is 10.1. The molecule has 0 spiro atoms. The standard InChI is InChI=1S/C15H19NO3/c1-18-14-8-16(13-10-19-9-12(13)14)15(17)7-11-5-3-2-4-6-11/h2-6,12-14H,7-10H2,1H3/t12-,13+,14-/m1/s1. The molecule has 0 aromatic heterocycles. The molecule has 0 unspecified atom stereocenters. The van der Waals surface area contributed by atoms with E-state index in [2.05, 4.69) is 0 Å². The molecule has 1 aromatic rings. The maximum Gasteiger partial charge on any atom is 0.227 e. The minimum atomic E-state index is 0.118. The summed E-state index contributed by atoms with van der Waals surface area (Å²) in [6.45, 7) is 2.05. The third-order valence-corrected chi connectivity index (χ3v) is 4.17. The van der Waals surface area contributed by atoms with Crippen molar-refractivity contribution in [2.45, 2.75) is 18.6 Å². The molecule has 0 saturated carbocycles. The van der Waals surface area contributed by atoms with Gasteiger partial charge in [0.2, 0.25) is 5.91 Å². The molecule has 1 amide bonds. The van der Waals surface area contributed by atoms with Gasteiger partial charge in [0.1, 0.15) is 0 Å². The number of likely N-dealkylation sites (tertiary alicyclic amines) is 1. The highest BCUT2D eigenvalue weighted by Gasteiger charge is 2.47. The van der Waals surface area contributed by atoms with E-state index in [1.807, 2.05) is 35.2 Å². The zero-order valence-electron chi connectivity index (χ0n) is 11.1. The van der Waals surface area contributed by atoms with Crippen LogP contribution in [0.25, 0.3) is 0 Å². The van der Waals surface area contributed by atoms with Crippen LogP contribution in [0, 0.1) is 5.92 Å². The third-order valence-electron chi connectivity index (χ3n) is 4.17. The van der Waals surface area contributed by atoms with E-state index in [-0.39, 0.29) is 18.1 Å². The molecule has 2 fully saturated rings. The molecule has 3 atom stereocenters. The third kappa shape index (κ3) is 2.38. The topological polar surface area (TPSA) is 38.8 Å². The maximum absolute atomic E-state index is 12.4. The summed E-state index contributed by atoms with van der Waals surface area (Å²) in [4.78, 5) is 14.4. The molecular formula is C15H19NO3. The Morgan fingerprint density at radius 1 is 1.37 bits per heavy atom. The smallest absolute Gasteiger partial charge is 0.227 e. The van der Waals surface area contributed by atoms with Crippen LogP contribution in [0.5, 0.6) is 0 Å². The first kappa shape index (κ1) is 12.6. The van der Waals surface area contributed by atoms with Crippen LogP contribution >= 0.6 is 0 Å². The molecular weight excluding hydrogens is 242 g/mol. The summed E-state index contributed by atoms with van der Waals surface area (Å²) < 4.78 is 11.0. The molecule has 102 valence electrons. The van der Waals surface area contributed by atoms with Gasteiger partial charge in [0, 0.05) is 19.6 Å². The molecule has 0 N–H and O–H groups in total. The molecule has 0 aliphatic carbocycles. The fraction of sp³-hybridized carbons (Fsp3) is 0.533. The second-order valence-electron chi connectivity index (χ2n) is 5.25. The number of hydrogen-bond acceptors (Lipinski definition) is 3. The number of ether oxygens (including phenoxy) is 2. The van der Waals surface area contributed by atoms with Gasteiger partial charge in [0.25, 0.3) is 0 Å². The van der Waals surface area contributed by atoms with Crippen molar-refractivity contribution in [2.75, 3.05) is 26.9 Å². The molecule has 3 rings (SSSR count). The van der Waals surface area contributed by atoms with Gasteiger partial charge in [-0.3, -0.25) is 4.79 Å². The summed E-state index contributed by atoms with van der Waals surface area (Å²) >= 11 is 0. The highest BCUT2D eigenvalue weighted by atomic mass is 16.5. The number of carbonyl (C=O) groups is 1. The van der Waals surface area contributed by atoms with Crippen LogP contribution in [0.4, 0.5) is 0 Å². The second-order valence-corrected chi connectivity index (χ2v) is 5.25. The number of rotatable bonds is 3. The minimum absolute atomic E-state index is 0.118. The normalized spacial score (nSPS) is 29.5. The number of amides is 1. The van der Waals surface area contributed by atoms with E-state index < -0.39 is 0 Å². The Labute approximate surface area is 113 Å². The van der Waals surface area contributed by atoms with Crippen molar-refractivity contribution >= 4 is 5.91 Å². The van der Waals surface area contributed by atoms with Crippen molar-refractivity contribution in [3.8, 4) is 0 Å². The van der Waals surface area contributed by atoms with E-state index in [1.54, 1.807) is 7.11 Å². The van der Waals surface area contributed by atoms with Crippen LogP contribution < -0.4 is 0 Å². The lowest BCUT2D eigenvalue weighted by molar-refractivity contribution is -0.132. The van der Waals surface area contributed by atoms with Crippen LogP contribution in [-0.2, 0) is 20.7 Å². The van der Waals surface area contributed by atoms with Crippen molar-refractivity contribution in [3.63, 3.8) is 0 Å². The fourth-order valence-electron chi connectivity index (χ4n) is 3.11. The Morgan fingerprint density at radius 3 is 2.89 bits per heavy atom. The number of fused-ring (bicyclic) bond motifs is 1. The van der Waals surface area contributed by atoms with Gasteiger partial charge in [-0.1, -0.05) is 30.3 Å². The first-order valence-corrected chi connectivity index (χ1v) is 6.73.